The topological polar surface area (TPSA) is 140 Å². The Bertz CT molecular complexity index is 1180. The van der Waals surface area contributed by atoms with Gasteiger partial charge in [-0.05, 0) is 48.7 Å². The van der Waals surface area contributed by atoms with Crippen LogP contribution in [0.5, 0.6) is 11.5 Å². The van der Waals surface area contributed by atoms with Crippen molar-refractivity contribution in [3.8, 4) is 11.5 Å². The number of nitro groups is 1. The van der Waals surface area contributed by atoms with Crippen molar-refractivity contribution >= 4 is 35.4 Å². The van der Waals surface area contributed by atoms with Gasteiger partial charge in [0.1, 0.15) is 0 Å². The van der Waals surface area contributed by atoms with Gasteiger partial charge in [-0.3, -0.25) is 10.1 Å². The number of non-ortho nitro benzene ring substituents is 1. The van der Waals surface area contributed by atoms with Gasteiger partial charge < -0.3 is 19.7 Å². The highest BCUT2D eigenvalue weighted by Crippen LogP contribution is 2.27. The molecular weight excluding hydrogens is 440 g/mol. The standard InChI is InChI=1S/C22H24N8O4/c1-33-18-10-5-15(13-19(18)34-2)14-23-28-21-25-20(26-22(27-21)29-11-3-4-12-29)24-16-6-8-17(9-7-16)30(31)32/h5-10,13-14H,3-4,11-12H2,1-2H3,(H2,24,25,26,27,28)/b23-14+. The van der Waals surface area contributed by atoms with E-state index in [4.69, 9.17) is 9.47 Å². The highest BCUT2D eigenvalue weighted by atomic mass is 16.6. The van der Waals surface area contributed by atoms with E-state index >= 15 is 0 Å². The van der Waals surface area contributed by atoms with Crippen molar-refractivity contribution in [1.29, 1.82) is 0 Å². The maximum absolute atomic E-state index is 10.9. The van der Waals surface area contributed by atoms with Crippen LogP contribution in [0.15, 0.2) is 47.6 Å². The smallest absolute Gasteiger partial charge is 0.269 e. The van der Waals surface area contributed by atoms with Gasteiger partial charge in [-0.1, -0.05) is 0 Å². The molecule has 0 amide bonds. The van der Waals surface area contributed by atoms with E-state index in [-0.39, 0.29) is 11.6 Å². The molecule has 0 atom stereocenters. The first kappa shape index (κ1) is 22.7. The molecule has 1 aliphatic rings. The van der Waals surface area contributed by atoms with Gasteiger partial charge in [0.15, 0.2) is 11.5 Å². The normalized spacial score (nSPS) is 13.2. The highest BCUT2D eigenvalue weighted by Gasteiger charge is 2.18. The molecule has 0 bridgehead atoms. The maximum atomic E-state index is 10.9. The molecule has 3 aromatic rings. The Balaban J connectivity index is 1.54. The van der Waals surface area contributed by atoms with Gasteiger partial charge >= 0.3 is 0 Å². The van der Waals surface area contributed by atoms with Crippen molar-refractivity contribution in [1.82, 2.24) is 15.0 Å². The Morgan fingerprint density at radius 1 is 1.00 bits per heavy atom. The number of anilines is 4. The lowest BCUT2D eigenvalue weighted by molar-refractivity contribution is -0.384. The summed E-state index contributed by atoms with van der Waals surface area (Å²) in [4.78, 5) is 25.9. The van der Waals surface area contributed by atoms with Gasteiger partial charge in [0.2, 0.25) is 17.8 Å². The Kier molecular flexibility index (Phi) is 6.96. The third kappa shape index (κ3) is 5.46. The molecule has 12 heteroatoms. The van der Waals surface area contributed by atoms with Gasteiger partial charge in [0, 0.05) is 30.9 Å². The van der Waals surface area contributed by atoms with Crippen LogP contribution in [0.3, 0.4) is 0 Å². The molecule has 2 heterocycles. The first-order valence-corrected chi connectivity index (χ1v) is 10.6. The predicted molar refractivity (Wildman–Crippen MR) is 128 cm³/mol. The summed E-state index contributed by atoms with van der Waals surface area (Å²) in [5.74, 6) is 2.31. The average molecular weight is 464 g/mol. The van der Waals surface area contributed by atoms with E-state index in [1.807, 2.05) is 6.07 Å². The van der Waals surface area contributed by atoms with Crippen molar-refractivity contribution in [2.45, 2.75) is 12.8 Å². The van der Waals surface area contributed by atoms with Crippen LogP contribution < -0.4 is 25.1 Å². The molecule has 0 aliphatic carbocycles. The number of benzene rings is 2. The number of rotatable bonds is 9. The van der Waals surface area contributed by atoms with E-state index in [9.17, 15) is 10.1 Å². The molecule has 2 N–H and O–H groups in total. The zero-order chi connectivity index (χ0) is 23.9. The number of hydrogen-bond donors (Lipinski definition) is 2. The van der Waals surface area contributed by atoms with Crippen molar-refractivity contribution in [3.05, 3.63) is 58.1 Å². The molecule has 2 aromatic carbocycles. The maximum Gasteiger partial charge on any atom is 0.269 e. The summed E-state index contributed by atoms with van der Waals surface area (Å²) in [6, 6.07) is 11.5. The van der Waals surface area contributed by atoms with Crippen LogP contribution in [0, 0.1) is 10.1 Å². The Morgan fingerprint density at radius 3 is 2.38 bits per heavy atom. The van der Waals surface area contributed by atoms with E-state index in [1.165, 1.54) is 12.1 Å². The number of hydrazone groups is 1. The van der Waals surface area contributed by atoms with Crippen LogP contribution in [-0.4, -0.2) is 53.4 Å². The summed E-state index contributed by atoms with van der Waals surface area (Å²) >= 11 is 0. The zero-order valence-electron chi connectivity index (χ0n) is 18.8. The number of nitro benzene ring substituents is 1. The molecule has 0 radical (unpaired) electrons. The largest absolute Gasteiger partial charge is 0.493 e. The predicted octanol–water partition coefficient (Wildman–Crippen LogP) is 3.59. The van der Waals surface area contributed by atoms with Gasteiger partial charge in [-0.25, -0.2) is 5.43 Å². The highest BCUT2D eigenvalue weighted by molar-refractivity contribution is 5.81. The second-order valence-electron chi connectivity index (χ2n) is 7.39. The van der Waals surface area contributed by atoms with Gasteiger partial charge in [-0.2, -0.15) is 20.1 Å². The number of methoxy groups -OCH3 is 2. The number of nitrogens with zero attached hydrogens (tertiary/aromatic N) is 6. The summed E-state index contributed by atoms with van der Waals surface area (Å²) in [6.07, 6.45) is 3.75. The molecule has 0 spiro atoms. The van der Waals surface area contributed by atoms with Crippen LogP contribution in [0.2, 0.25) is 0 Å². The molecule has 4 rings (SSSR count). The molecule has 1 aromatic heterocycles. The fourth-order valence-electron chi connectivity index (χ4n) is 3.42. The summed E-state index contributed by atoms with van der Waals surface area (Å²) in [6.45, 7) is 1.71. The van der Waals surface area contributed by atoms with E-state index in [1.54, 1.807) is 44.7 Å². The average Bonchev–Trinajstić information content (AvgIpc) is 3.39. The summed E-state index contributed by atoms with van der Waals surface area (Å²) in [5, 5.41) is 18.2. The molecule has 0 saturated carbocycles. The first-order valence-electron chi connectivity index (χ1n) is 10.6. The Morgan fingerprint density at radius 2 is 1.71 bits per heavy atom. The van der Waals surface area contributed by atoms with Gasteiger partial charge in [0.25, 0.3) is 5.69 Å². The fraction of sp³-hybridized carbons (Fsp3) is 0.273. The van der Waals surface area contributed by atoms with Crippen LogP contribution in [0.4, 0.5) is 29.2 Å². The number of nitrogens with one attached hydrogen (secondary N) is 2. The third-order valence-corrected chi connectivity index (χ3v) is 5.13. The van der Waals surface area contributed by atoms with Crippen LogP contribution >= 0.6 is 0 Å². The minimum atomic E-state index is -0.448. The van der Waals surface area contributed by atoms with Crippen molar-refractivity contribution in [2.75, 3.05) is 43.0 Å². The Hall–Kier alpha value is -4.48. The number of aromatic nitrogens is 3. The van der Waals surface area contributed by atoms with E-state index in [2.05, 4.69) is 35.7 Å². The SMILES string of the molecule is COc1ccc(/C=N/Nc2nc(Nc3ccc([N+](=O)[O-])cc3)nc(N3CCCC3)n2)cc1OC. The molecule has 0 unspecified atom stereocenters. The second kappa shape index (κ2) is 10.4. The molecule has 176 valence electrons. The minimum Gasteiger partial charge on any atom is -0.493 e. The van der Waals surface area contributed by atoms with Crippen molar-refractivity contribution in [3.63, 3.8) is 0 Å². The summed E-state index contributed by atoms with van der Waals surface area (Å²) in [7, 11) is 3.15. The number of hydrogen-bond acceptors (Lipinski definition) is 11. The van der Waals surface area contributed by atoms with Gasteiger partial charge in [0.05, 0.1) is 25.4 Å². The summed E-state index contributed by atoms with van der Waals surface area (Å²) < 4.78 is 10.6. The molecule has 1 saturated heterocycles. The molecule has 1 fully saturated rings. The lowest BCUT2D eigenvalue weighted by Crippen LogP contribution is -2.21. The molecule has 34 heavy (non-hydrogen) atoms. The van der Waals surface area contributed by atoms with Gasteiger partial charge in [-0.15, -0.1) is 0 Å². The van der Waals surface area contributed by atoms with E-state index in [0.717, 1.165) is 31.5 Å². The van der Waals surface area contributed by atoms with Crippen molar-refractivity contribution < 1.29 is 14.4 Å². The minimum absolute atomic E-state index is 0.00538. The quantitative estimate of drug-likeness (QED) is 0.274. The van der Waals surface area contributed by atoms with Crippen LogP contribution in [0.1, 0.15) is 18.4 Å². The zero-order valence-corrected chi connectivity index (χ0v) is 18.8. The fourth-order valence-corrected chi connectivity index (χ4v) is 3.42. The first-order chi connectivity index (χ1) is 16.6. The Labute approximate surface area is 195 Å². The van der Waals surface area contributed by atoms with Crippen LogP contribution in [-0.2, 0) is 0 Å². The lowest BCUT2D eigenvalue weighted by atomic mass is 10.2. The third-order valence-electron chi connectivity index (χ3n) is 5.13. The molecule has 1 aliphatic heterocycles. The van der Waals surface area contributed by atoms with E-state index < -0.39 is 4.92 Å². The van der Waals surface area contributed by atoms with Crippen LogP contribution in [0.25, 0.3) is 0 Å². The van der Waals surface area contributed by atoms with Crippen molar-refractivity contribution in [2.24, 2.45) is 5.10 Å². The monoisotopic (exact) mass is 464 g/mol. The second-order valence-corrected chi connectivity index (χ2v) is 7.39. The summed E-state index contributed by atoms with van der Waals surface area (Å²) in [5.41, 5.74) is 4.27. The molecule has 12 nitrogen and oxygen atoms in total. The lowest BCUT2D eigenvalue weighted by Gasteiger charge is -2.16. The molecular formula is C22H24N8O4. The van der Waals surface area contributed by atoms with E-state index in [0.29, 0.717) is 29.1 Å². The number of ether oxygens (including phenoxy) is 2.